The molecule has 1 heterocycles. The van der Waals surface area contributed by atoms with Crippen LogP contribution in [0, 0.1) is 0 Å². The van der Waals surface area contributed by atoms with Crippen LogP contribution in [-0.2, 0) is 13.1 Å². The molecule has 0 aliphatic carbocycles. The quantitative estimate of drug-likeness (QED) is 0.243. The summed E-state index contributed by atoms with van der Waals surface area (Å²) >= 11 is 0. The molecular weight excluding hydrogens is 366 g/mol. The Morgan fingerprint density at radius 3 is 2.24 bits per heavy atom. The molecule has 0 radical (unpaired) electrons. The summed E-state index contributed by atoms with van der Waals surface area (Å²) in [6.45, 7) is 9.82. The van der Waals surface area contributed by atoms with Gasteiger partial charge in [-0.15, -0.1) is 0 Å². The van der Waals surface area contributed by atoms with Gasteiger partial charge in [-0.2, -0.15) is 15.0 Å². The molecule has 9 heteroatoms. The zero-order chi connectivity index (χ0) is 21.1. The average molecular weight is 400 g/mol. The van der Waals surface area contributed by atoms with Crippen molar-refractivity contribution in [3.63, 3.8) is 0 Å². The fraction of sp³-hybridized carbons (Fsp3) is 0.500. The van der Waals surface area contributed by atoms with Gasteiger partial charge in [0.15, 0.2) is 5.96 Å². The first-order valence-corrected chi connectivity index (χ1v) is 10.2. The van der Waals surface area contributed by atoms with Crippen molar-refractivity contribution in [3.05, 3.63) is 35.4 Å². The summed E-state index contributed by atoms with van der Waals surface area (Å²) in [7, 11) is 0. The van der Waals surface area contributed by atoms with E-state index in [2.05, 4.69) is 56.2 Å². The first-order chi connectivity index (χ1) is 14.1. The molecule has 1 aromatic heterocycles. The number of nitrogens with two attached hydrogens (primary N) is 2. The minimum atomic E-state index is 0.0805. The summed E-state index contributed by atoms with van der Waals surface area (Å²) in [6, 6.07) is 8.01. The van der Waals surface area contributed by atoms with E-state index in [4.69, 9.17) is 11.5 Å². The Labute approximate surface area is 173 Å². The molecule has 0 unspecified atom stereocenters. The highest BCUT2D eigenvalue weighted by Crippen LogP contribution is 2.16. The van der Waals surface area contributed by atoms with Crippen LogP contribution in [0.25, 0.3) is 0 Å². The highest BCUT2D eigenvalue weighted by Gasteiger charge is 2.11. The first-order valence-electron chi connectivity index (χ1n) is 10.2. The van der Waals surface area contributed by atoms with E-state index in [9.17, 15) is 0 Å². The second-order valence-electron chi connectivity index (χ2n) is 6.60. The van der Waals surface area contributed by atoms with Crippen LogP contribution < -0.4 is 27.0 Å². The molecule has 6 N–H and O–H groups in total. The normalized spacial score (nSPS) is 10.4. The van der Waals surface area contributed by atoms with E-state index in [0.29, 0.717) is 30.9 Å². The lowest BCUT2D eigenvalue weighted by Crippen LogP contribution is -2.25. The van der Waals surface area contributed by atoms with Crippen molar-refractivity contribution in [1.82, 2.24) is 15.0 Å². The molecule has 158 valence electrons. The maximum absolute atomic E-state index is 5.47. The lowest BCUT2D eigenvalue weighted by molar-refractivity contribution is 0.799. The number of rotatable bonds is 12. The number of nitrogens with zero attached hydrogens (tertiary/aromatic N) is 5. The number of aromatic nitrogens is 3. The van der Waals surface area contributed by atoms with Gasteiger partial charge in [0.25, 0.3) is 0 Å². The third-order valence-electron chi connectivity index (χ3n) is 4.47. The van der Waals surface area contributed by atoms with Crippen molar-refractivity contribution in [2.75, 3.05) is 35.2 Å². The third-order valence-corrected chi connectivity index (χ3v) is 4.47. The zero-order valence-electron chi connectivity index (χ0n) is 17.6. The van der Waals surface area contributed by atoms with Gasteiger partial charge in [-0.3, -0.25) is 0 Å². The molecule has 2 rings (SSSR count). The number of hydrogen-bond acceptors (Lipinski definition) is 7. The number of aliphatic imine (C=N–C) groups is 1. The number of guanidine groups is 1. The molecule has 0 bridgehead atoms. The van der Waals surface area contributed by atoms with Crippen LogP contribution in [0.4, 0.5) is 17.8 Å². The Morgan fingerprint density at radius 1 is 0.966 bits per heavy atom. The van der Waals surface area contributed by atoms with Gasteiger partial charge in [-0.1, -0.05) is 37.6 Å². The number of hydrogen-bond donors (Lipinski definition) is 4. The Morgan fingerprint density at radius 2 is 1.62 bits per heavy atom. The van der Waals surface area contributed by atoms with Gasteiger partial charge in [-0.25, -0.2) is 4.99 Å². The first kappa shape index (κ1) is 22.2. The van der Waals surface area contributed by atoms with E-state index in [1.54, 1.807) is 0 Å². The van der Waals surface area contributed by atoms with Crippen molar-refractivity contribution in [2.24, 2.45) is 16.5 Å². The molecule has 0 aliphatic rings. The third kappa shape index (κ3) is 7.10. The zero-order valence-corrected chi connectivity index (χ0v) is 17.6. The fourth-order valence-corrected chi connectivity index (χ4v) is 2.78. The summed E-state index contributed by atoms with van der Waals surface area (Å²) in [5.74, 6) is 1.88. The van der Waals surface area contributed by atoms with E-state index < -0.39 is 0 Å². The van der Waals surface area contributed by atoms with Gasteiger partial charge in [-0.05, 0) is 31.4 Å². The van der Waals surface area contributed by atoms with Crippen LogP contribution in [0.5, 0.6) is 0 Å². The summed E-state index contributed by atoms with van der Waals surface area (Å²) in [4.78, 5) is 19.9. The number of nitrogens with one attached hydrogen (secondary N) is 2. The minimum absolute atomic E-state index is 0.0805. The average Bonchev–Trinajstić information content (AvgIpc) is 2.72. The lowest BCUT2D eigenvalue weighted by atomic mass is 10.1. The largest absolute Gasteiger partial charge is 0.370 e. The van der Waals surface area contributed by atoms with Gasteiger partial charge < -0.3 is 27.0 Å². The van der Waals surface area contributed by atoms with E-state index in [-0.39, 0.29) is 5.96 Å². The molecule has 0 amide bonds. The Kier molecular flexibility index (Phi) is 8.94. The molecule has 29 heavy (non-hydrogen) atoms. The summed E-state index contributed by atoms with van der Waals surface area (Å²) in [5.41, 5.74) is 13.1. The van der Waals surface area contributed by atoms with E-state index >= 15 is 0 Å². The van der Waals surface area contributed by atoms with Crippen LogP contribution in [0.2, 0.25) is 0 Å². The van der Waals surface area contributed by atoms with Crippen molar-refractivity contribution in [3.8, 4) is 0 Å². The molecule has 0 saturated heterocycles. The predicted molar refractivity (Wildman–Crippen MR) is 120 cm³/mol. The highest BCUT2D eigenvalue weighted by atomic mass is 15.3. The topological polar surface area (TPSA) is 130 Å². The molecular formula is C20H33N9. The standard InChI is InChI=1S/C20H33N9/c1-4-7-12-23-18-26-19(28-20(27-18)29(5-2)6-3)25-14-16-11-9-8-10-15(16)13-24-17(21)22/h8-11H,4-7,12-14H2,1-3H3,(H4,21,22,24)(H2,23,25,26,27,28). The van der Waals surface area contributed by atoms with Gasteiger partial charge in [0.2, 0.25) is 17.8 Å². The molecule has 0 fully saturated rings. The van der Waals surface area contributed by atoms with Crippen LogP contribution in [0.1, 0.15) is 44.7 Å². The summed E-state index contributed by atoms with van der Waals surface area (Å²) < 4.78 is 0. The molecule has 1 aromatic carbocycles. The van der Waals surface area contributed by atoms with Crippen molar-refractivity contribution in [2.45, 2.75) is 46.7 Å². The monoisotopic (exact) mass is 399 g/mol. The summed E-state index contributed by atoms with van der Waals surface area (Å²) in [6.07, 6.45) is 2.17. The Hall–Kier alpha value is -3.10. The van der Waals surface area contributed by atoms with Crippen LogP contribution in [-0.4, -0.2) is 40.5 Å². The van der Waals surface area contributed by atoms with Gasteiger partial charge in [0.1, 0.15) is 0 Å². The van der Waals surface area contributed by atoms with E-state index in [1.165, 1.54) is 0 Å². The smallest absolute Gasteiger partial charge is 0.231 e. The summed E-state index contributed by atoms with van der Waals surface area (Å²) in [5, 5.41) is 6.62. The van der Waals surface area contributed by atoms with Gasteiger partial charge in [0, 0.05) is 26.2 Å². The number of benzene rings is 1. The highest BCUT2D eigenvalue weighted by molar-refractivity contribution is 5.75. The molecule has 0 saturated carbocycles. The van der Waals surface area contributed by atoms with Crippen LogP contribution in [0.3, 0.4) is 0 Å². The van der Waals surface area contributed by atoms with Gasteiger partial charge >= 0.3 is 0 Å². The van der Waals surface area contributed by atoms with Gasteiger partial charge in [0.05, 0.1) is 6.54 Å². The van der Waals surface area contributed by atoms with Crippen molar-refractivity contribution >= 4 is 23.8 Å². The molecule has 9 nitrogen and oxygen atoms in total. The lowest BCUT2D eigenvalue weighted by Gasteiger charge is -2.20. The molecule has 2 aromatic rings. The van der Waals surface area contributed by atoms with Crippen LogP contribution >= 0.6 is 0 Å². The van der Waals surface area contributed by atoms with Crippen LogP contribution in [0.15, 0.2) is 29.3 Å². The fourth-order valence-electron chi connectivity index (χ4n) is 2.78. The second kappa shape index (κ2) is 11.7. The number of anilines is 3. The van der Waals surface area contributed by atoms with Crippen molar-refractivity contribution in [1.29, 1.82) is 0 Å². The molecule has 0 atom stereocenters. The second-order valence-corrected chi connectivity index (χ2v) is 6.60. The predicted octanol–water partition coefficient (Wildman–Crippen LogP) is 2.32. The van der Waals surface area contributed by atoms with E-state index in [1.807, 2.05) is 24.3 Å². The molecule has 0 spiro atoms. The minimum Gasteiger partial charge on any atom is -0.370 e. The molecule has 0 aliphatic heterocycles. The van der Waals surface area contributed by atoms with E-state index in [0.717, 1.165) is 43.6 Å². The van der Waals surface area contributed by atoms with Crippen molar-refractivity contribution < 1.29 is 0 Å². The Bertz CT molecular complexity index is 783. The maximum Gasteiger partial charge on any atom is 0.231 e. The SMILES string of the molecule is CCCCNc1nc(NCc2ccccc2CN=C(N)N)nc(N(CC)CC)n1. The number of unbranched alkanes of at least 4 members (excludes halogenated alkanes) is 1. The maximum atomic E-state index is 5.47. The Balaban J connectivity index is 2.19.